The number of H-pyrrole nitrogens is 1. The zero-order valence-electron chi connectivity index (χ0n) is 13.7. The lowest BCUT2D eigenvalue weighted by Crippen LogP contribution is -2.37. The molecule has 0 amide bonds. The lowest BCUT2D eigenvalue weighted by Gasteiger charge is -2.10. The van der Waals surface area contributed by atoms with Crippen molar-refractivity contribution in [2.45, 2.75) is 33.2 Å². The SMILES string of the molecule is CCCCNC(=NCc1cccc(-c2ncn[nH]2)c1)NCC.I. The molecule has 23 heavy (non-hydrogen) atoms. The third-order valence-electron chi connectivity index (χ3n) is 3.20. The molecule has 6 nitrogen and oxygen atoms in total. The summed E-state index contributed by atoms with van der Waals surface area (Å²) in [5.74, 6) is 1.64. The Hall–Kier alpha value is -1.64. The van der Waals surface area contributed by atoms with Crippen molar-refractivity contribution in [3.8, 4) is 11.4 Å². The molecule has 0 aliphatic carbocycles. The van der Waals surface area contributed by atoms with Gasteiger partial charge in [-0.2, -0.15) is 5.10 Å². The van der Waals surface area contributed by atoms with Crippen LogP contribution in [0.15, 0.2) is 35.6 Å². The number of nitrogens with one attached hydrogen (secondary N) is 3. The van der Waals surface area contributed by atoms with Crippen molar-refractivity contribution in [3.05, 3.63) is 36.2 Å². The van der Waals surface area contributed by atoms with E-state index in [9.17, 15) is 0 Å². The summed E-state index contributed by atoms with van der Waals surface area (Å²) in [6, 6.07) is 8.18. The van der Waals surface area contributed by atoms with Gasteiger partial charge in [0.2, 0.25) is 0 Å². The van der Waals surface area contributed by atoms with Crippen LogP contribution in [-0.2, 0) is 6.54 Å². The number of halogens is 1. The highest BCUT2D eigenvalue weighted by atomic mass is 127. The largest absolute Gasteiger partial charge is 0.357 e. The van der Waals surface area contributed by atoms with E-state index in [1.165, 1.54) is 12.7 Å². The van der Waals surface area contributed by atoms with Crippen LogP contribution in [0, 0.1) is 0 Å². The van der Waals surface area contributed by atoms with Crippen molar-refractivity contribution in [1.82, 2.24) is 25.8 Å². The Morgan fingerprint density at radius 3 is 2.83 bits per heavy atom. The van der Waals surface area contributed by atoms with Gasteiger partial charge in [-0.25, -0.2) is 9.98 Å². The van der Waals surface area contributed by atoms with Crippen molar-refractivity contribution in [2.75, 3.05) is 13.1 Å². The maximum absolute atomic E-state index is 4.63. The van der Waals surface area contributed by atoms with Crippen LogP contribution in [0.1, 0.15) is 32.3 Å². The van der Waals surface area contributed by atoms with Gasteiger partial charge in [-0.3, -0.25) is 5.10 Å². The molecule has 2 aromatic rings. The molecular weight excluding hydrogens is 403 g/mol. The molecule has 126 valence electrons. The van der Waals surface area contributed by atoms with E-state index < -0.39 is 0 Å². The van der Waals surface area contributed by atoms with E-state index in [0.29, 0.717) is 6.54 Å². The predicted molar refractivity (Wildman–Crippen MR) is 105 cm³/mol. The molecule has 3 N–H and O–H groups in total. The van der Waals surface area contributed by atoms with Crippen LogP contribution in [0.4, 0.5) is 0 Å². The van der Waals surface area contributed by atoms with Crippen molar-refractivity contribution < 1.29 is 0 Å². The topological polar surface area (TPSA) is 78.0 Å². The summed E-state index contributed by atoms with van der Waals surface area (Å²) in [6.45, 7) is 6.68. The van der Waals surface area contributed by atoms with Crippen LogP contribution in [-0.4, -0.2) is 34.2 Å². The molecule has 0 saturated carbocycles. The maximum Gasteiger partial charge on any atom is 0.191 e. The van der Waals surface area contributed by atoms with E-state index in [1.54, 1.807) is 0 Å². The highest BCUT2D eigenvalue weighted by Crippen LogP contribution is 2.15. The monoisotopic (exact) mass is 428 g/mol. The van der Waals surface area contributed by atoms with Gasteiger partial charge in [0, 0.05) is 18.7 Å². The fraction of sp³-hybridized carbons (Fsp3) is 0.438. The molecule has 0 unspecified atom stereocenters. The highest BCUT2D eigenvalue weighted by Gasteiger charge is 2.02. The fourth-order valence-electron chi connectivity index (χ4n) is 2.06. The Kier molecular flexibility index (Phi) is 9.27. The normalized spacial score (nSPS) is 11.0. The molecule has 0 spiro atoms. The van der Waals surface area contributed by atoms with E-state index in [1.807, 2.05) is 12.1 Å². The average molecular weight is 428 g/mol. The molecule has 7 heteroatoms. The molecule has 0 aliphatic heterocycles. The number of aromatic nitrogens is 3. The quantitative estimate of drug-likeness (QED) is 0.274. The van der Waals surface area contributed by atoms with Gasteiger partial charge in [0.05, 0.1) is 6.54 Å². The lowest BCUT2D eigenvalue weighted by molar-refractivity contribution is 0.730. The first-order chi connectivity index (χ1) is 10.8. The number of rotatable bonds is 7. The van der Waals surface area contributed by atoms with Crippen molar-refractivity contribution in [2.24, 2.45) is 4.99 Å². The Morgan fingerprint density at radius 2 is 2.13 bits per heavy atom. The van der Waals surface area contributed by atoms with Gasteiger partial charge >= 0.3 is 0 Å². The number of unbranched alkanes of at least 4 members (excludes halogenated alkanes) is 1. The molecule has 0 saturated heterocycles. The van der Waals surface area contributed by atoms with Crippen molar-refractivity contribution >= 4 is 29.9 Å². The van der Waals surface area contributed by atoms with E-state index in [0.717, 1.165) is 42.4 Å². The van der Waals surface area contributed by atoms with Gasteiger partial charge in [-0.05, 0) is 25.0 Å². The third kappa shape index (κ3) is 6.55. The third-order valence-corrected chi connectivity index (χ3v) is 3.20. The molecule has 0 fully saturated rings. The van der Waals surface area contributed by atoms with Gasteiger partial charge in [-0.1, -0.05) is 31.5 Å². The molecule has 1 heterocycles. The zero-order valence-corrected chi connectivity index (χ0v) is 16.0. The molecule has 1 aromatic heterocycles. The predicted octanol–water partition coefficient (Wildman–Crippen LogP) is 2.94. The second-order valence-corrected chi connectivity index (χ2v) is 5.01. The second kappa shape index (κ2) is 11.0. The number of nitrogens with zero attached hydrogens (tertiary/aromatic N) is 3. The summed E-state index contributed by atoms with van der Waals surface area (Å²) in [5.41, 5.74) is 2.16. The first-order valence-electron chi connectivity index (χ1n) is 7.80. The van der Waals surface area contributed by atoms with E-state index >= 15 is 0 Å². The van der Waals surface area contributed by atoms with Crippen LogP contribution in [0.5, 0.6) is 0 Å². The molecule has 0 radical (unpaired) electrons. The standard InChI is InChI=1S/C16H24N6.HI/c1-3-5-9-18-16(17-4-2)19-11-13-7-6-8-14(10-13)15-20-12-21-22-15;/h6-8,10,12H,3-5,9,11H2,1-2H3,(H2,17,18,19)(H,20,21,22);1H. The Balaban J connectivity index is 0.00000264. The Labute approximate surface area is 154 Å². The minimum Gasteiger partial charge on any atom is -0.357 e. The number of benzene rings is 1. The van der Waals surface area contributed by atoms with Gasteiger partial charge in [0.1, 0.15) is 6.33 Å². The van der Waals surface area contributed by atoms with E-state index in [2.05, 4.69) is 56.8 Å². The molecule has 2 rings (SSSR count). The maximum atomic E-state index is 4.63. The molecule has 0 atom stereocenters. The molecule has 0 aliphatic rings. The Morgan fingerprint density at radius 1 is 1.26 bits per heavy atom. The molecule has 1 aromatic carbocycles. The number of aliphatic imine (C=N–C) groups is 1. The highest BCUT2D eigenvalue weighted by molar-refractivity contribution is 14.0. The molecular formula is C16H25IN6. The number of aromatic amines is 1. The number of guanidine groups is 1. The summed E-state index contributed by atoms with van der Waals surface area (Å²) in [5, 5.41) is 13.4. The summed E-state index contributed by atoms with van der Waals surface area (Å²) in [4.78, 5) is 8.80. The van der Waals surface area contributed by atoms with Crippen LogP contribution in [0.3, 0.4) is 0 Å². The van der Waals surface area contributed by atoms with Gasteiger partial charge in [0.25, 0.3) is 0 Å². The summed E-state index contributed by atoms with van der Waals surface area (Å²) < 4.78 is 0. The van der Waals surface area contributed by atoms with Gasteiger partial charge in [0.15, 0.2) is 11.8 Å². The smallest absolute Gasteiger partial charge is 0.191 e. The zero-order chi connectivity index (χ0) is 15.6. The fourth-order valence-corrected chi connectivity index (χ4v) is 2.06. The summed E-state index contributed by atoms with van der Waals surface area (Å²) in [6.07, 6.45) is 3.83. The first-order valence-corrected chi connectivity index (χ1v) is 7.80. The second-order valence-electron chi connectivity index (χ2n) is 5.01. The minimum atomic E-state index is 0. The summed E-state index contributed by atoms with van der Waals surface area (Å²) in [7, 11) is 0. The van der Waals surface area contributed by atoms with Crippen molar-refractivity contribution in [1.29, 1.82) is 0 Å². The Bertz CT molecular complexity index is 582. The van der Waals surface area contributed by atoms with E-state index in [4.69, 9.17) is 0 Å². The first kappa shape index (κ1) is 19.4. The number of hydrogen-bond donors (Lipinski definition) is 3. The van der Waals surface area contributed by atoms with Crippen LogP contribution in [0.2, 0.25) is 0 Å². The summed E-state index contributed by atoms with van der Waals surface area (Å²) >= 11 is 0. The average Bonchev–Trinajstić information content (AvgIpc) is 3.07. The van der Waals surface area contributed by atoms with Crippen LogP contribution >= 0.6 is 24.0 Å². The van der Waals surface area contributed by atoms with Crippen LogP contribution in [0.25, 0.3) is 11.4 Å². The van der Waals surface area contributed by atoms with Crippen molar-refractivity contribution in [3.63, 3.8) is 0 Å². The minimum absolute atomic E-state index is 0. The van der Waals surface area contributed by atoms with E-state index in [-0.39, 0.29) is 24.0 Å². The number of hydrogen-bond acceptors (Lipinski definition) is 3. The van der Waals surface area contributed by atoms with Crippen LogP contribution < -0.4 is 10.6 Å². The molecule has 0 bridgehead atoms. The lowest BCUT2D eigenvalue weighted by atomic mass is 10.1. The van der Waals surface area contributed by atoms with Gasteiger partial charge < -0.3 is 10.6 Å². The van der Waals surface area contributed by atoms with Gasteiger partial charge in [-0.15, -0.1) is 24.0 Å².